The van der Waals surface area contributed by atoms with Crippen molar-refractivity contribution in [3.63, 3.8) is 0 Å². The molecule has 1 aromatic rings. The smallest absolute Gasteiger partial charge is 0.243 e. The minimum Gasteiger partial charge on any atom is -0.352 e. The molecule has 0 spiro atoms. The van der Waals surface area contributed by atoms with Crippen LogP contribution in [0.25, 0.3) is 0 Å². The SMILES string of the molecule is O=C(NCc1ccc(S(=O)(=O)N2CCCC2)cc1)C12CC3CC(CC(C3)C1)C2. The van der Waals surface area contributed by atoms with E-state index in [1.54, 1.807) is 16.4 Å². The highest BCUT2D eigenvalue weighted by atomic mass is 32.2. The first-order chi connectivity index (χ1) is 13.4. The number of carbonyl (C=O) groups excluding carboxylic acids is 1. The summed E-state index contributed by atoms with van der Waals surface area (Å²) in [6.07, 6.45) is 9.08. The monoisotopic (exact) mass is 402 g/mol. The number of hydrogen-bond acceptors (Lipinski definition) is 3. The molecule has 5 nitrogen and oxygen atoms in total. The summed E-state index contributed by atoms with van der Waals surface area (Å²) < 4.78 is 26.8. The van der Waals surface area contributed by atoms with Gasteiger partial charge in [-0.2, -0.15) is 4.31 Å². The number of hydrogen-bond donors (Lipinski definition) is 1. The third-order valence-corrected chi connectivity index (χ3v) is 9.51. The Morgan fingerprint density at radius 1 is 0.964 bits per heavy atom. The Kier molecular flexibility index (Phi) is 4.55. The predicted octanol–water partition coefficient (Wildman–Crippen LogP) is 3.30. The van der Waals surface area contributed by atoms with Crippen molar-refractivity contribution in [1.29, 1.82) is 0 Å². The third-order valence-electron chi connectivity index (χ3n) is 7.60. The second-order valence-corrected chi connectivity index (χ2v) is 11.6. The van der Waals surface area contributed by atoms with E-state index in [1.165, 1.54) is 19.3 Å². The van der Waals surface area contributed by atoms with Crippen LogP contribution in [-0.2, 0) is 21.4 Å². The van der Waals surface area contributed by atoms with E-state index in [9.17, 15) is 13.2 Å². The van der Waals surface area contributed by atoms with Crippen LogP contribution in [-0.4, -0.2) is 31.7 Å². The number of nitrogens with one attached hydrogen (secondary N) is 1. The summed E-state index contributed by atoms with van der Waals surface area (Å²) in [6, 6.07) is 7.03. The summed E-state index contributed by atoms with van der Waals surface area (Å²) in [6.45, 7) is 1.71. The van der Waals surface area contributed by atoms with Gasteiger partial charge in [-0.05, 0) is 86.8 Å². The van der Waals surface area contributed by atoms with Crippen molar-refractivity contribution in [2.24, 2.45) is 23.2 Å². The summed E-state index contributed by atoms with van der Waals surface area (Å²) in [7, 11) is -3.37. The number of rotatable bonds is 5. The lowest BCUT2D eigenvalue weighted by atomic mass is 9.49. The van der Waals surface area contributed by atoms with Crippen LogP contribution in [0, 0.1) is 23.2 Å². The lowest BCUT2D eigenvalue weighted by molar-refractivity contribution is -0.146. The van der Waals surface area contributed by atoms with Gasteiger partial charge in [0.1, 0.15) is 0 Å². The molecule has 0 radical (unpaired) electrons. The summed E-state index contributed by atoms with van der Waals surface area (Å²) in [5.41, 5.74) is 0.826. The zero-order chi connectivity index (χ0) is 19.4. The van der Waals surface area contributed by atoms with Gasteiger partial charge in [-0.15, -0.1) is 0 Å². The maximum atomic E-state index is 13.1. The molecule has 0 atom stereocenters. The summed E-state index contributed by atoms with van der Waals surface area (Å²) in [5.74, 6) is 2.49. The molecule has 152 valence electrons. The van der Waals surface area contributed by atoms with E-state index >= 15 is 0 Å². The van der Waals surface area contributed by atoms with Crippen LogP contribution in [0.15, 0.2) is 29.2 Å². The van der Waals surface area contributed by atoms with Gasteiger partial charge in [0.25, 0.3) is 0 Å². The molecule has 1 N–H and O–H groups in total. The van der Waals surface area contributed by atoms with Crippen molar-refractivity contribution in [3.8, 4) is 0 Å². The second-order valence-electron chi connectivity index (χ2n) is 9.64. The zero-order valence-corrected chi connectivity index (χ0v) is 17.2. The van der Waals surface area contributed by atoms with Crippen LogP contribution < -0.4 is 5.32 Å². The van der Waals surface area contributed by atoms with Crippen LogP contribution in [0.5, 0.6) is 0 Å². The third kappa shape index (κ3) is 3.18. The maximum absolute atomic E-state index is 13.1. The first-order valence-corrected chi connectivity index (χ1v) is 12.3. The van der Waals surface area contributed by atoms with Gasteiger partial charge in [-0.3, -0.25) is 4.79 Å². The molecular formula is C22H30N2O3S. The van der Waals surface area contributed by atoms with Gasteiger partial charge in [-0.25, -0.2) is 8.42 Å². The molecule has 0 unspecified atom stereocenters. The Morgan fingerprint density at radius 3 is 2.04 bits per heavy atom. The van der Waals surface area contributed by atoms with Gasteiger partial charge in [0.05, 0.1) is 4.90 Å². The topological polar surface area (TPSA) is 66.5 Å². The summed E-state index contributed by atoms with van der Waals surface area (Å²) in [5, 5.41) is 3.17. The maximum Gasteiger partial charge on any atom is 0.243 e. The van der Waals surface area contributed by atoms with Crippen LogP contribution in [0.4, 0.5) is 0 Å². The Labute approximate surface area is 167 Å². The molecule has 5 aliphatic rings. The van der Waals surface area contributed by atoms with Gasteiger partial charge in [-0.1, -0.05) is 12.1 Å². The van der Waals surface area contributed by atoms with E-state index in [1.807, 2.05) is 12.1 Å². The molecule has 4 bridgehead atoms. The molecule has 1 aliphatic heterocycles. The van der Waals surface area contributed by atoms with Gasteiger partial charge < -0.3 is 5.32 Å². The normalized spacial score (nSPS) is 34.6. The van der Waals surface area contributed by atoms with Crippen LogP contribution in [0.1, 0.15) is 56.9 Å². The lowest BCUT2D eigenvalue weighted by Gasteiger charge is -2.55. The fourth-order valence-corrected chi connectivity index (χ4v) is 8.13. The molecule has 1 heterocycles. The number of sulfonamides is 1. The van der Waals surface area contributed by atoms with Crippen LogP contribution in [0.2, 0.25) is 0 Å². The molecule has 4 saturated carbocycles. The van der Waals surface area contributed by atoms with Gasteiger partial charge in [0, 0.05) is 25.0 Å². The quantitative estimate of drug-likeness (QED) is 0.822. The average molecular weight is 403 g/mol. The van der Waals surface area contributed by atoms with E-state index in [0.717, 1.165) is 55.4 Å². The van der Waals surface area contributed by atoms with Crippen LogP contribution in [0.3, 0.4) is 0 Å². The van der Waals surface area contributed by atoms with Crippen molar-refractivity contribution in [2.75, 3.05) is 13.1 Å². The van der Waals surface area contributed by atoms with Crippen molar-refractivity contribution in [1.82, 2.24) is 9.62 Å². The number of carbonyl (C=O) groups is 1. The predicted molar refractivity (Wildman–Crippen MR) is 107 cm³/mol. The number of amides is 1. The van der Waals surface area contributed by atoms with Crippen molar-refractivity contribution < 1.29 is 13.2 Å². The average Bonchev–Trinajstić information content (AvgIpc) is 3.21. The zero-order valence-electron chi connectivity index (χ0n) is 16.4. The second kappa shape index (κ2) is 6.84. The Balaban J connectivity index is 1.23. The minimum absolute atomic E-state index is 0.131. The van der Waals surface area contributed by atoms with Gasteiger partial charge >= 0.3 is 0 Å². The Morgan fingerprint density at radius 2 is 1.50 bits per heavy atom. The highest BCUT2D eigenvalue weighted by molar-refractivity contribution is 7.89. The molecule has 5 fully saturated rings. The minimum atomic E-state index is -3.37. The fraction of sp³-hybridized carbons (Fsp3) is 0.682. The van der Waals surface area contributed by atoms with E-state index in [0.29, 0.717) is 24.5 Å². The molecule has 0 aromatic heterocycles. The van der Waals surface area contributed by atoms with E-state index in [-0.39, 0.29) is 11.3 Å². The summed E-state index contributed by atoms with van der Waals surface area (Å²) in [4.78, 5) is 13.4. The number of benzene rings is 1. The van der Waals surface area contributed by atoms with Crippen molar-refractivity contribution in [3.05, 3.63) is 29.8 Å². The molecule has 6 rings (SSSR count). The van der Waals surface area contributed by atoms with Crippen molar-refractivity contribution >= 4 is 15.9 Å². The van der Waals surface area contributed by atoms with Crippen LogP contribution >= 0.6 is 0 Å². The first-order valence-electron chi connectivity index (χ1n) is 10.8. The summed E-state index contributed by atoms with van der Waals surface area (Å²) >= 11 is 0. The standard InChI is InChI=1S/C22H30N2O3S/c25-21(22-12-17-9-18(13-22)11-19(10-17)14-22)23-15-16-3-5-20(6-4-16)28(26,27)24-7-1-2-8-24/h3-6,17-19H,1-2,7-15H2,(H,23,25). The highest BCUT2D eigenvalue weighted by Gasteiger charge is 2.54. The Bertz CT molecular complexity index is 821. The molecule has 1 aromatic carbocycles. The number of nitrogens with zero attached hydrogens (tertiary/aromatic N) is 1. The molecule has 6 heteroatoms. The fourth-order valence-electron chi connectivity index (χ4n) is 6.62. The van der Waals surface area contributed by atoms with E-state index < -0.39 is 10.0 Å². The van der Waals surface area contributed by atoms with Crippen molar-refractivity contribution in [2.45, 2.75) is 62.8 Å². The van der Waals surface area contributed by atoms with E-state index in [2.05, 4.69) is 5.32 Å². The van der Waals surface area contributed by atoms with Gasteiger partial charge in [0.2, 0.25) is 15.9 Å². The molecule has 1 amide bonds. The Hall–Kier alpha value is -1.40. The molecule has 4 aliphatic carbocycles. The largest absolute Gasteiger partial charge is 0.352 e. The molecule has 1 saturated heterocycles. The van der Waals surface area contributed by atoms with Gasteiger partial charge in [0.15, 0.2) is 0 Å². The highest BCUT2D eigenvalue weighted by Crippen LogP contribution is 2.60. The lowest BCUT2D eigenvalue weighted by Crippen LogP contribution is -2.53. The first kappa shape index (κ1) is 18.6. The van der Waals surface area contributed by atoms with E-state index in [4.69, 9.17) is 0 Å². The molecular weight excluding hydrogens is 372 g/mol. The molecule has 28 heavy (non-hydrogen) atoms.